The lowest BCUT2D eigenvalue weighted by Gasteiger charge is -2.39. The van der Waals surface area contributed by atoms with Crippen molar-refractivity contribution in [3.8, 4) is 0 Å². The number of hydrogen-bond donors (Lipinski definition) is 2. The first-order valence-corrected chi connectivity index (χ1v) is 10.8. The molecule has 8 heteroatoms. The molecule has 0 saturated carbocycles. The molecular weight excluding hydrogens is 448 g/mol. The van der Waals surface area contributed by atoms with Crippen LogP contribution in [0.5, 0.6) is 0 Å². The van der Waals surface area contributed by atoms with Gasteiger partial charge in [0, 0.05) is 40.6 Å². The number of carbonyl (C=O) groups excluding carboxylic acids is 2. The Bertz CT molecular complexity index is 1220. The number of halogens is 4. The number of carbonyl (C=O) groups is 2. The van der Waals surface area contributed by atoms with E-state index in [4.69, 9.17) is 0 Å². The molecule has 1 aliphatic carbocycles. The third kappa shape index (κ3) is 4.62. The number of hydrogen-bond acceptors (Lipinski definition) is 3. The fraction of sp³-hybridized carbons (Fsp3) is 0.308. The smallest absolute Gasteiger partial charge is 0.362 e. The van der Waals surface area contributed by atoms with E-state index in [0.717, 1.165) is 12.1 Å². The molecule has 2 aliphatic rings. The third-order valence-corrected chi connectivity index (χ3v) is 6.14. The van der Waals surface area contributed by atoms with Crippen LogP contribution in [0.4, 0.5) is 23.2 Å². The number of rotatable bonds is 3. The van der Waals surface area contributed by atoms with Crippen LogP contribution in [0.25, 0.3) is 0 Å². The van der Waals surface area contributed by atoms with Gasteiger partial charge < -0.3 is 10.6 Å². The van der Waals surface area contributed by atoms with Crippen molar-refractivity contribution in [1.29, 1.82) is 0 Å². The van der Waals surface area contributed by atoms with Crippen molar-refractivity contribution in [3.05, 3.63) is 88.0 Å². The minimum Gasteiger partial charge on any atom is -0.362 e. The molecule has 4 rings (SSSR count). The molecule has 2 aromatic carbocycles. The molecule has 178 valence electrons. The minimum absolute atomic E-state index is 0.0196. The van der Waals surface area contributed by atoms with Crippen LogP contribution < -0.4 is 10.6 Å². The number of allylic oxidation sites excluding steroid dienone is 3. The zero-order valence-electron chi connectivity index (χ0n) is 18.9. The van der Waals surface area contributed by atoms with Crippen molar-refractivity contribution in [2.45, 2.75) is 45.7 Å². The molecule has 2 N–H and O–H groups in total. The second-order valence-corrected chi connectivity index (χ2v) is 9.51. The number of nitrogens with one attached hydrogen (secondary N) is 2. The number of anilines is 1. The van der Waals surface area contributed by atoms with Gasteiger partial charge in [0.15, 0.2) is 5.78 Å². The summed E-state index contributed by atoms with van der Waals surface area (Å²) in [5.74, 6) is -1.99. The molecule has 0 spiro atoms. The highest BCUT2D eigenvalue weighted by atomic mass is 19.4. The molecule has 0 radical (unpaired) electrons. The molecule has 0 unspecified atom stereocenters. The Kier molecular flexibility index (Phi) is 5.87. The monoisotopic (exact) mass is 472 g/mol. The van der Waals surface area contributed by atoms with Gasteiger partial charge in [0.1, 0.15) is 5.82 Å². The summed E-state index contributed by atoms with van der Waals surface area (Å²) in [6.45, 7) is 5.66. The van der Waals surface area contributed by atoms with Crippen LogP contribution in [0, 0.1) is 11.2 Å². The standard InChI is InChI=1S/C26H24F4N2O2/c1-14-21(24(34)32-18-6-4-5-16(11-18)26(28,29)30)22(15-7-9-17(27)10-8-15)23-19(31-14)12-25(2,3)13-20(23)33/h4-11,22,31H,12-13H2,1-3H3,(H,32,34)/t22-/m0/s1. The lowest BCUT2D eigenvalue weighted by Crippen LogP contribution is -2.39. The van der Waals surface area contributed by atoms with Crippen LogP contribution in [0.3, 0.4) is 0 Å². The van der Waals surface area contributed by atoms with E-state index in [1.165, 1.54) is 36.4 Å². The van der Waals surface area contributed by atoms with Gasteiger partial charge in [0.25, 0.3) is 5.91 Å². The van der Waals surface area contributed by atoms with Gasteiger partial charge in [-0.3, -0.25) is 9.59 Å². The first-order valence-electron chi connectivity index (χ1n) is 10.8. The van der Waals surface area contributed by atoms with Gasteiger partial charge in [-0.05, 0) is 54.7 Å². The summed E-state index contributed by atoms with van der Waals surface area (Å²) < 4.78 is 53.0. The predicted molar refractivity (Wildman–Crippen MR) is 120 cm³/mol. The number of amides is 1. The third-order valence-electron chi connectivity index (χ3n) is 6.14. The van der Waals surface area contributed by atoms with Gasteiger partial charge in [-0.15, -0.1) is 0 Å². The van der Waals surface area contributed by atoms with E-state index < -0.39 is 29.4 Å². The van der Waals surface area contributed by atoms with Gasteiger partial charge in [-0.25, -0.2) is 4.39 Å². The minimum atomic E-state index is -4.56. The summed E-state index contributed by atoms with van der Waals surface area (Å²) in [4.78, 5) is 26.6. The SMILES string of the molecule is CC1=C(C(=O)Nc2cccc(C(F)(F)F)c2)[C@H](c2ccc(F)cc2)C2=C(CC(C)(C)CC2=O)N1. The second kappa shape index (κ2) is 8.42. The Labute approximate surface area is 194 Å². The van der Waals surface area contributed by atoms with E-state index in [0.29, 0.717) is 29.0 Å². The molecule has 0 bridgehead atoms. The van der Waals surface area contributed by atoms with Gasteiger partial charge in [0.05, 0.1) is 5.56 Å². The maximum absolute atomic E-state index is 13.6. The zero-order valence-corrected chi connectivity index (χ0v) is 18.9. The molecule has 1 aliphatic heterocycles. The summed E-state index contributed by atoms with van der Waals surface area (Å²) in [6, 6.07) is 9.91. The summed E-state index contributed by atoms with van der Waals surface area (Å²) in [7, 11) is 0. The van der Waals surface area contributed by atoms with E-state index in [-0.39, 0.29) is 28.9 Å². The van der Waals surface area contributed by atoms with Crippen LogP contribution >= 0.6 is 0 Å². The molecule has 34 heavy (non-hydrogen) atoms. The number of Topliss-reactive ketones (excluding diaryl/α,β-unsaturated/α-hetero) is 1. The summed E-state index contributed by atoms with van der Waals surface area (Å²) in [6.07, 6.45) is -3.68. The maximum atomic E-state index is 13.6. The number of dihydropyridines is 1. The highest BCUT2D eigenvalue weighted by Gasteiger charge is 2.42. The van der Waals surface area contributed by atoms with Crippen LogP contribution in [-0.2, 0) is 15.8 Å². The Morgan fingerprint density at radius 3 is 2.41 bits per heavy atom. The van der Waals surface area contributed by atoms with Crippen LogP contribution in [0.2, 0.25) is 0 Å². The average Bonchev–Trinajstić information content (AvgIpc) is 2.72. The lowest BCUT2D eigenvalue weighted by molar-refractivity contribution is -0.137. The normalized spacial score (nSPS) is 20.1. The van der Waals surface area contributed by atoms with Crippen molar-refractivity contribution in [2.75, 3.05) is 5.32 Å². The number of benzene rings is 2. The van der Waals surface area contributed by atoms with Crippen molar-refractivity contribution in [3.63, 3.8) is 0 Å². The largest absolute Gasteiger partial charge is 0.416 e. The summed E-state index contributed by atoms with van der Waals surface area (Å²) in [5, 5.41) is 5.74. The van der Waals surface area contributed by atoms with Crippen LogP contribution in [0.15, 0.2) is 71.1 Å². The van der Waals surface area contributed by atoms with Gasteiger partial charge in [-0.2, -0.15) is 13.2 Å². The molecule has 0 fully saturated rings. The van der Waals surface area contributed by atoms with E-state index in [1.807, 2.05) is 13.8 Å². The Hall–Kier alpha value is -3.42. The molecule has 4 nitrogen and oxygen atoms in total. The van der Waals surface area contributed by atoms with Crippen molar-refractivity contribution in [1.82, 2.24) is 5.32 Å². The van der Waals surface area contributed by atoms with Gasteiger partial charge >= 0.3 is 6.18 Å². The average molecular weight is 472 g/mol. The summed E-state index contributed by atoms with van der Waals surface area (Å²) in [5.41, 5.74) is 1.22. The topological polar surface area (TPSA) is 58.2 Å². The highest BCUT2D eigenvalue weighted by molar-refractivity contribution is 6.10. The maximum Gasteiger partial charge on any atom is 0.416 e. The molecule has 2 aromatic rings. The van der Waals surface area contributed by atoms with E-state index in [1.54, 1.807) is 6.92 Å². The zero-order chi connectivity index (χ0) is 24.8. The Morgan fingerprint density at radius 1 is 1.09 bits per heavy atom. The second-order valence-electron chi connectivity index (χ2n) is 9.51. The van der Waals surface area contributed by atoms with E-state index >= 15 is 0 Å². The van der Waals surface area contributed by atoms with E-state index in [9.17, 15) is 27.2 Å². The fourth-order valence-electron chi connectivity index (χ4n) is 4.70. The molecule has 1 amide bonds. The molecule has 0 aromatic heterocycles. The van der Waals surface area contributed by atoms with Gasteiger partial charge in [0.2, 0.25) is 0 Å². The Morgan fingerprint density at radius 2 is 1.76 bits per heavy atom. The first kappa shape index (κ1) is 23.7. The molecular formula is C26H24F4N2O2. The van der Waals surface area contributed by atoms with Crippen LogP contribution in [0.1, 0.15) is 50.7 Å². The quantitative estimate of drug-likeness (QED) is 0.532. The van der Waals surface area contributed by atoms with E-state index in [2.05, 4.69) is 10.6 Å². The predicted octanol–water partition coefficient (Wildman–Crippen LogP) is 6.09. The van der Waals surface area contributed by atoms with Crippen LogP contribution in [-0.4, -0.2) is 11.7 Å². The summed E-state index contributed by atoms with van der Waals surface area (Å²) >= 11 is 0. The van der Waals surface area contributed by atoms with Gasteiger partial charge in [-0.1, -0.05) is 32.0 Å². The lowest BCUT2D eigenvalue weighted by atomic mass is 9.68. The first-order chi connectivity index (χ1) is 15.9. The number of ketones is 1. The van der Waals surface area contributed by atoms with Crippen molar-refractivity contribution in [2.24, 2.45) is 5.41 Å². The highest BCUT2D eigenvalue weighted by Crippen LogP contribution is 2.46. The Balaban J connectivity index is 1.77. The number of alkyl halides is 3. The molecule has 1 atom stereocenters. The van der Waals surface area contributed by atoms with Crippen molar-refractivity contribution >= 4 is 17.4 Å². The van der Waals surface area contributed by atoms with Crippen molar-refractivity contribution < 1.29 is 27.2 Å². The molecule has 1 heterocycles. The fourth-order valence-corrected chi connectivity index (χ4v) is 4.70. The molecule has 0 saturated heterocycles.